The molecular formula is C23H20N6OS. The zero-order valence-electron chi connectivity index (χ0n) is 16.7. The Morgan fingerprint density at radius 3 is 2.74 bits per heavy atom. The normalized spacial score (nSPS) is 14.4. The molecule has 1 fully saturated rings. The van der Waals surface area contributed by atoms with Gasteiger partial charge in [0.15, 0.2) is 11.6 Å². The van der Waals surface area contributed by atoms with E-state index in [1.807, 2.05) is 36.5 Å². The fraction of sp³-hybridized carbons (Fsp3) is 0.174. The number of morpholine rings is 1. The zero-order valence-corrected chi connectivity index (χ0v) is 17.5. The molecule has 1 aliphatic heterocycles. The summed E-state index contributed by atoms with van der Waals surface area (Å²) in [5.74, 6) is 1.68. The second kappa shape index (κ2) is 7.64. The van der Waals surface area contributed by atoms with Crippen LogP contribution >= 0.6 is 11.3 Å². The van der Waals surface area contributed by atoms with Gasteiger partial charge in [0.1, 0.15) is 0 Å². The van der Waals surface area contributed by atoms with Crippen molar-refractivity contribution >= 4 is 49.0 Å². The fourth-order valence-corrected chi connectivity index (χ4v) is 4.95. The van der Waals surface area contributed by atoms with Crippen LogP contribution in [0.3, 0.4) is 0 Å². The number of aromatic nitrogens is 4. The van der Waals surface area contributed by atoms with E-state index in [0.29, 0.717) is 19.0 Å². The average molecular weight is 429 g/mol. The molecule has 6 rings (SSSR count). The van der Waals surface area contributed by atoms with Gasteiger partial charge in [-0.1, -0.05) is 30.3 Å². The lowest BCUT2D eigenvalue weighted by Gasteiger charge is -2.28. The van der Waals surface area contributed by atoms with Gasteiger partial charge in [-0.2, -0.15) is 5.10 Å². The molecule has 0 unspecified atom stereocenters. The third-order valence-corrected chi connectivity index (χ3v) is 6.47. The van der Waals surface area contributed by atoms with Gasteiger partial charge >= 0.3 is 0 Å². The lowest BCUT2D eigenvalue weighted by Crippen LogP contribution is -2.36. The minimum absolute atomic E-state index is 0.707. The number of rotatable bonds is 4. The van der Waals surface area contributed by atoms with Crippen LogP contribution in [-0.2, 0) is 4.74 Å². The molecule has 0 bridgehead atoms. The van der Waals surface area contributed by atoms with Crippen molar-refractivity contribution in [3.63, 3.8) is 0 Å². The molecule has 2 aromatic carbocycles. The molecule has 2 N–H and O–H groups in total. The number of anilines is 3. The molecule has 1 aliphatic rings. The lowest BCUT2D eigenvalue weighted by molar-refractivity contribution is 0.122. The van der Waals surface area contributed by atoms with Gasteiger partial charge in [0.2, 0.25) is 0 Å². The number of hydrogen-bond acceptors (Lipinski definition) is 7. The first-order valence-corrected chi connectivity index (χ1v) is 11.1. The highest BCUT2D eigenvalue weighted by atomic mass is 32.1. The van der Waals surface area contributed by atoms with Crippen molar-refractivity contribution in [2.24, 2.45) is 0 Å². The molecule has 8 heteroatoms. The van der Waals surface area contributed by atoms with Crippen LogP contribution in [-0.4, -0.2) is 46.5 Å². The largest absolute Gasteiger partial charge is 0.378 e. The van der Waals surface area contributed by atoms with Gasteiger partial charge in [0, 0.05) is 29.7 Å². The van der Waals surface area contributed by atoms with Gasteiger partial charge in [-0.15, -0.1) is 11.3 Å². The maximum atomic E-state index is 5.57. The Bertz CT molecular complexity index is 1360. The van der Waals surface area contributed by atoms with Gasteiger partial charge in [0.05, 0.1) is 40.1 Å². The van der Waals surface area contributed by atoms with Gasteiger partial charge < -0.3 is 15.0 Å². The average Bonchev–Trinajstić information content (AvgIpc) is 3.46. The Hall–Kier alpha value is -3.49. The molecule has 0 atom stereocenters. The molecular weight excluding hydrogens is 408 g/mol. The summed E-state index contributed by atoms with van der Waals surface area (Å²) in [5, 5.41) is 12.8. The molecule has 3 aromatic heterocycles. The topological polar surface area (TPSA) is 79.0 Å². The van der Waals surface area contributed by atoms with Crippen LogP contribution in [0.15, 0.2) is 60.8 Å². The fourth-order valence-electron chi connectivity index (χ4n) is 3.91. The molecule has 0 amide bonds. The Kier molecular flexibility index (Phi) is 4.51. The van der Waals surface area contributed by atoms with Crippen molar-refractivity contribution < 1.29 is 4.74 Å². The van der Waals surface area contributed by atoms with Crippen LogP contribution in [0.1, 0.15) is 0 Å². The minimum Gasteiger partial charge on any atom is -0.378 e. The lowest BCUT2D eigenvalue weighted by atomic mass is 10.1. The van der Waals surface area contributed by atoms with E-state index >= 15 is 0 Å². The summed E-state index contributed by atoms with van der Waals surface area (Å²) in [6, 6.07) is 18.4. The van der Waals surface area contributed by atoms with E-state index in [9.17, 15) is 0 Å². The molecule has 0 aliphatic carbocycles. The molecule has 7 nitrogen and oxygen atoms in total. The highest BCUT2D eigenvalue weighted by molar-refractivity contribution is 7.23. The summed E-state index contributed by atoms with van der Waals surface area (Å²) in [4.78, 5) is 12.3. The molecule has 0 saturated carbocycles. The summed E-state index contributed by atoms with van der Waals surface area (Å²) >= 11 is 1.68. The molecule has 5 aromatic rings. The van der Waals surface area contributed by atoms with Crippen molar-refractivity contribution in [1.82, 2.24) is 20.2 Å². The first-order chi connectivity index (χ1) is 15.3. The van der Waals surface area contributed by atoms with Gasteiger partial charge in [-0.05, 0) is 24.3 Å². The highest BCUT2D eigenvalue weighted by Crippen LogP contribution is 2.38. The maximum Gasteiger partial charge on any atom is 0.162 e. The van der Waals surface area contributed by atoms with Crippen LogP contribution in [0, 0.1) is 0 Å². The predicted molar refractivity (Wildman–Crippen MR) is 125 cm³/mol. The number of nitrogens with zero attached hydrogens (tertiary/aromatic N) is 4. The van der Waals surface area contributed by atoms with Crippen LogP contribution < -0.4 is 10.2 Å². The van der Waals surface area contributed by atoms with Gasteiger partial charge in [-0.3, -0.25) is 5.10 Å². The number of ether oxygens (including phenoxy) is 1. The standard InChI is InChI=1S/C23H20N6OS/c1-2-5-15(6-3-1)25-20-13-19-21(31-20)23(29-9-11-30-12-10-29)27-22(26-19)16-7-4-8-18-17(16)14-24-28-18/h1-8,13-14,25H,9-12H2,(H,24,28). The Labute approximate surface area is 182 Å². The minimum atomic E-state index is 0.707. The summed E-state index contributed by atoms with van der Waals surface area (Å²) in [7, 11) is 0. The number of nitrogens with one attached hydrogen (secondary N) is 2. The van der Waals surface area contributed by atoms with Crippen molar-refractivity contribution in [2.45, 2.75) is 0 Å². The van der Waals surface area contributed by atoms with Crippen LogP contribution in [0.4, 0.5) is 16.5 Å². The molecule has 31 heavy (non-hydrogen) atoms. The summed E-state index contributed by atoms with van der Waals surface area (Å²) < 4.78 is 6.66. The van der Waals surface area contributed by atoms with E-state index in [0.717, 1.165) is 56.3 Å². The summed E-state index contributed by atoms with van der Waals surface area (Å²) in [6.07, 6.45) is 1.84. The van der Waals surface area contributed by atoms with E-state index in [4.69, 9.17) is 14.7 Å². The Morgan fingerprint density at radius 1 is 1.00 bits per heavy atom. The first kappa shape index (κ1) is 18.3. The van der Waals surface area contributed by atoms with Crippen molar-refractivity contribution in [3.05, 3.63) is 60.8 Å². The van der Waals surface area contributed by atoms with Crippen molar-refractivity contribution in [1.29, 1.82) is 0 Å². The monoisotopic (exact) mass is 428 g/mol. The van der Waals surface area contributed by atoms with E-state index in [2.05, 4.69) is 44.7 Å². The second-order valence-corrected chi connectivity index (χ2v) is 8.48. The number of benzene rings is 2. The first-order valence-electron chi connectivity index (χ1n) is 10.2. The van der Waals surface area contributed by atoms with E-state index in [1.54, 1.807) is 11.3 Å². The van der Waals surface area contributed by atoms with Gasteiger partial charge in [-0.25, -0.2) is 9.97 Å². The van der Waals surface area contributed by atoms with E-state index in [-0.39, 0.29) is 0 Å². The molecule has 154 valence electrons. The number of thiophene rings is 1. The summed E-state index contributed by atoms with van der Waals surface area (Å²) in [5.41, 5.74) is 3.95. The molecule has 0 radical (unpaired) electrons. The SMILES string of the molecule is c1ccc(Nc2cc3nc(-c4cccc5[nH]ncc45)nc(N4CCOCC4)c3s2)cc1. The number of para-hydroxylation sites is 1. The maximum absolute atomic E-state index is 5.57. The van der Waals surface area contributed by atoms with Crippen molar-refractivity contribution in [2.75, 3.05) is 36.5 Å². The molecule has 1 saturated heterocycles. The molecule has 4 heterocycles. The van der Waals surface area contributed by atoms with Gasteiger partial charge in [0.25, 0.3) is 0 Å². The number of aromatic amines is 1. The summed E-state index contributed by atoms with van der Waals surface area (Å²) in [6.45, 7) is 3.05. The Balaban J connectivity index is 1.51. The Morgan fingerprint density at radius 2 is 1.87 bits per heavy atom. The van der Waals surface area contributed by atoms with Crippen molar-refractivity contribution in [3.8, 4) is 11.4 Å². The van der Waals surface area contributed by atoms with E-state index < -0.39 is 0 Å². The third-order valence-electron chi connectivity index (χ3n) is 5.43. The third kappa shape index (κ3) is 3.39. The highest BCUT2D eigenvalue weighted by Gasteiger charge is 2.21. The number of hydrogen-bond donors (Lipinski definition) is 2. The zero-order chi connectivity index (χ0) is 20.6. The van der Waals surface area contributed by atoms with Crippen LogP contribution in [0.25, 0.3) is 32.5 Å². The predicted octanol–water partition coefficient (Wildman–Crippen LogP) is 4.81. The number of H-pyrrole nitrogens is 1. The smallest absolute Gasteiger partial charge is 0.162 e. The number of fused-ring (bicyclic) bond motifs is 2. The van der Waals surface area contributed by atoms with E-state index in [1.165, 1.54) is 0 Å². The molecule has 0 spiro atoms. The van der Waals surface area contributed by atoms with Crippen LogP contribution in [0.5, 0.6) is 0 Å². The second-order valence-electron chi connectivity index (χ2n) is 7.42. The quantitative estimate of drug-likeness (QED) is 0.427. The van der Waals surface area contributed by atoms with Crippen LogP contribution in [0.2, 0.25) is 0 Å².